The summed E-state index contributed by atoms with van der Waals surface area (Å²) in [5.74, 6) is -0.404. The topological polar surface area (TPSA) is 92.6 Å². The first kappa shape index (κ1) is 20.3. The van der Waals surface area contributed by atoms with Gasteiger partial charge in [0, 0.05) is 24.4 Å². The Bertz CT molecular complexity index is 976. The maximum absolute atomic E-state index is 12.9. The number of hydrogen-bond acceptors (Lipinski definition) is 5. The molecule has 0 saturated heterocycles. The monoisotopic (exact) mass is 393 g/mol. The maximum atomic E-state index is 12.9. The molecule has 7 heteroatoms. The van der Waals surface area contributed by atoms with Gasteiger partial charge in [0.15, 0.2) is 0 Å². The summed E-state index contributed by atoms with van der Waals surface area (Å²) in [5.41, 5.74) is 2.68. The van der Waals surface area contributed by atoms with E-state index in [2.05, 4.69) is 19.2 Å². The third kappa shape index (κ3) is 4.03. The lowest BCUT2D eigenvalue weighted by atomic mass is 10.0. The molecule has 2 amide bonds. The standard InChI is InChI=1S/C22H23N3O4/c1-4-13-24-21(26)19(16-7-11-18(12-8-16)25(28)29)20(22(24)27)23-17-9-5-15(6-10-17)14(2)3/h5-12,14,23H,4,13H2,1-3H3. The molecule has 0 saturated carbocycles. The number of carbonyl (C=O) groups excluding carboxylic acids is 2. The van der Waals surface area contributed by atoms with Crippen LogP contribution >= 0.6 is 0 Å². The van der Waals surface area contributed by atoms with Crippen LogP contribution in [0.5, 0.6) is 0 Å². The second kappa shape index (κ2) is 8.26. The van der Waals surface area contributed by atoms with E-state index < -0.39 is 16.7 Å². The van der Waals surface area contributed by atoms with Crippen molar-refractivity contribution in [3.8, 4) is 0 Å². The molecule has 0 aromatic heterocycles. The average Bonchev–Trinajstić information content (AvgIpc) is 2.93. The molecular formula is C22H23N3O4. The molecular weight excluding hydrogens is 370 g/mol. The van der Waals surface area contributed by atoms with Gasteiger partial charge in [-0.2, -0.15) is 0 Å². The first-order valence-corrected chi connectivity index (χ1v) is 9.55. The first-order valence-electron chi connectivity index (χ1n) is 9.55. The van der Waals surface area contributed by atoms with Crippen molar-refractivity contribution >= 4 is 28.8 Å². The molecule has 0 bridgehead atoms. The van der Waals surface area contributed by atoms with Crippen molar-refractivity contribution in [1.82, 2.24) is 4.90 Å². The fourth-order valence-electron chi connectivity index (χ4n) is 3.23. The number of nitrogens with one attached hydrogen (secondary N) is 1. The molecule has 7 nitrogen and oxygen atoms in total. The molecule has 3 rings (SSSR count). The van der Waals surface area contributed by atoms with E-state index in [1.807, 2.05) is 31.2 Å². The number of non-ortho nitro benzene ring substituents is 1. The molecule has 1 N–H and O–H groups in total. The first-order chi connectivity index (χ1) is 13.8. The van der Waals surface area contributed by atoms with Crippen molar-refractivity contribution < 1.29 is 14.5 Å². The van der Waals surface area contributed by atoms with E-state index in [9.17, 15) is 19.7 Å². The molecule has 0 spiro atoms. The molecule has 1 aliphatic rings. The molecule has 2 aromatic rings. The number of amides is 2. The van der Waals surface area contributed by atoms with Gasteiger partial charge >= 0.3 is 0 Å². The van der Waals surface area contributed by atoms with Crippen LogP contribution in [0.3, 0.4) is 0 Å². The minimum absolute atomic E-state index is 0.0738. The molecule has 29 heavy (non-hydrogen) atoms. The van der Waals surface area contributed by atoms with Crippen LogP contribution < -0.4 is 5.32 Å². The zero-order valence-electron chi connectivity index (χ0n) is 16.6. The summed E-state index contributed by atoms with van der Waals surface area (Å²) in [6, 6.07) is 13.4. The van der Waals surface area contributed by atoms with Gasteiger partial charge in [-0.05, 0) is 47.7 Å². The van der Waals surface area contributed by atoms with Crippen molar-refractivity contribution in [3.05, 3.63) is 75.5 Å². The number of nitro benzene ring substituents is 1. The van der Waals surface area contributed by atoms with Crippen molar-refractivity contribution in [1.29, 1.82) is 0 Å². The van der Waals surface area contributed by atoms with Gasteiger partial charge in [-0.1, -0.05) is 32.9 Å². The van der Waals surface area contributed by atoms with Gasteiger partial charge in [0.2, 0.25) is 0 Å². The summed E-state index contributed by atoms with van der Waals surface area (Å²) in [4.78, 5) is 37.5. The molecule has 0 unspecified atom stereocenters. The molecule has 2 aromatic carbocycles. The SMILES string of the molecule is CCCN1C(=O)C(Nc2ccc(C(C)C)cc2)=C(c2ccc([N+](=O)[O-])cc2)C1=O. The van der Waals surface area contributed by atoms with E-state index in [0.29, 0.717) is 30.1 Å². The van der Waals surface area contributed by atoms with E-state index in [4.69, 9.17) is 0 Å². The van der Waals surface area contributed by atoms with E-state index >= 15 is 0 Å². The Kier molecular flexibility index (Phi) is 5.77. The number of hydrogen-bond donors (Lipinski definition) is 1. The number of carbonyl (C=O) groups is 2. The predicted molar refractivity (Wildman–Crippen MR) is 111 cm³/mol. The molecule has 0 radical (unpaired) electrons. The van der Waals surface area contributed by atoms with Gasteiger partial charge < -0.3 is 5.32 Å². The molecule has 0 fully saturated rings. The summed E-state index contributed by atoms with van der Waals surface area (Å²) in [6.07, 6.45) is 0.640. The lowest BCUT2D eigenvalue weighted by molar-refractivity contribution is -0.384. The van der Waals surface area contributed by atoms with Crippen molar-refractivity contribution in [3.63, 3.8) is 0 Å². The van der Waals surface area contributed by atoms with Gasteiger partial charge in [0.05, 0.1) is 10.5 Å². The van der Waals surface area contributed by atoms with Crippen LogP contribution in [0.4, 0.5) is 11.4 Å². The summed E-state index contributed by atoms with van der Waals surface area (Å²) in [6.45, 7) is 6.40. The number of nitro groups is 1. The quantitative estimate of drug-likeness (QED) is 0.430. The highest BCUT2D eigenvalue weighted by molar-refractivity contribution is 6.36. The van der Waals surface area contributed by atoms with E-state index in [1.165, 1.54) is 34.7 Å². The highest BCUT2D eigenvalue weighted by Gasteiger charge is 2.38. The third-order valence-corrected chi connectivity index (χ3v) is 4.83. The Balaban J connectivity index is 2.02. The number of rotatable bonds is 7. The van der Waals surface area contributed by atoms with E-state index in [1.54, 1.807) is 0 Å². The molecule has 1 aliphatic heterocycles. The smallest absolute Gasteiger partial charge is 0.278 e. The van der Waals surface area contributed by atoms with E-state index in [-0.39, 0.29) is 17.0 Å². The van der Waals surface area contributed by atoms with Crippen LogP contribution in [-0.4, -0.2) is 28.2 Å². The molecule has 0 aliphatic carbocycles. The second-order valence-electron chi connectivity index (χ2n) is 7.22. The van der Waals surface area contributed by atoms with Crippen molar-refractivity contribution in [2.45, 2.75) is 33.1 Å². The Morgan fingerprint density at radius 2 is 1.62 bits per heavy atom. The van der Waals surface area contributed by atoms with Crippen LogP contribution in [0, 0.1) is 10.1 Å². The number of anilines is 1. The largest absolute Gasteiger partial charge is 0.350 e. The lowest BCUT2D eigenvalue weighted by Gasteiger charge is -2.14. The van der Waals surface area contributed by atoms with Gasteiger partial charge in [0.1, 0.15) is 5.70 Å². The Labute approximate surface area is 169 Å². The van der Waals surface area contributed by atoms with Gasteiger partial charge in [-0.25, -0.2) is 0 Å². The number of benzene rings is 2. The van der Waals surface area contributed by atoms with Gasteiger partial charge in [-0.3, -0.25) is 24.6 Å². The average molecular weight is 393 g/mol. The summed E-state index contributed by atoms with van der Waals surface area (Å²) in [5, 5.41) is 14.0. The number of imide groups is 1. The van der Waals surface area contributed by atoms with Crippen LogP contribution in [0.1, 0.15) is 44.2 Å². The summed E-state index contributed by atoms with van der Waals surface area (Å²) >= 11 is 0. The normalized spacial score (nSPS) is 14.1. The van der Waals surface area contributed by atoms with Crippen LogP contribution in [0.15, 0.2) is 54.2 Å². The lowest BCUT2D eigenvalue weighted by Crippen LogP contribution is -2.33. The van der Waals surface area contributed by atoms with Crippen LogP contribution in [0.2, 0.25) is 0 Å². The molecule has 0 atom stereocenters. The fraction of sp³-hybridized carbons (Fsp3) is 0.273. The Morgan fingerprint density at radius 1 is 1.00 bits per heavy atom. The van der Waals surface area contributed by atoms with Gasteiger partial charge in [-0.15, -0.1) is 0 Å². The minimum Gasteiger partial charge on any atom is -0.350 e. The Morgan fingerprint density at radius 3 is 2.14 bits per heavy atom. The highest BCUT2D eigenvalue weighted by Crippen LogP contribution is 2.31. The molecule has 1 heterocycles. The van der Waals surface area contributed by atoms with Crippen LogP contribution in [0.25, 0.3) is 5.57 Å². The zero-order valence-corrected chi connectivity index (χ0v) is 16.6. The van der Waals surface area contributed by atoms with Gasteiger partial charge in [0.25, 0.3) is 17.5 Å². The third-order valence-electron chi connectivity index (χ3n) is 4.83. The van der Waals surface area contributed by atoms with Crippen LogP contribution in [-0.2, 0) is 9.59 Å². The number of nitrogens with zero attached hydrogens (tertiary/aromatic N) is 2. The summed E-state index contributed by atoms with van der Waals surface area (Å²) < 4.78 is 0. The molecule has 150 valence electrons. The second-order valence-corrected chi connectivity index (χ2v) is 7.22. The zero-order chi connectivity index (χ0) is 21.1. The fourth-order valence-corrected chi connectivity index (χ4v) is 3.23. The maximum Gasteiger partial charge on any atom is 0.278 e. The summed E-state index contributed by atoms with van der Waals surface area (Å²) in [7, 11) is 0. The predicted octanol–water partition coefficient (Wildman–Crippen LogP) is 4.32. The Hall–Kier alpha value is -3.48. The van der Waals surface area contributed by atoms with Crippen molar-refractivity contribution in [2.24, 2.45) is 0 Å². The minimum atomic E-state index is -0.501. The van der Waals surface area contributed by atoms with E-state index in [0.717, 1.165) is 0 Å². The highest BCUT2D eigenvalue weighted by atomic mass is 16.6. The van der Waals surface area contributed by atoms with Crippen molar-refractivity contribution in [2.75, 3.05) is 11.9 Å².